The number of hydrogen-bond donors (Lipinski definition) is 1. The highest BCUT2D eigenvalue weighted by Crippen LogP contribution is 2.20. The number of carbonyl (C=O) groups is 1. The van der Waals surface area contributed by atoms with Crippen molar-refractivity contribution in [1.29, 1.82) is 0 Å². The molecule has 0 saturated heterocycles. The maximum atomic E-state index is 12.2. The smallest absolute Gasteiger partial charge is 0.251 e. The average Bonchev–Trinajstić information content (AvgIpc) is 2.47. The molecule has 110 valence electrons. The van der Waals surface area contributed by atoms with Gasteiger partial charge in [0, 0.05) is 30.1 Å². The fourth-order valence-corrected chi connectivity index (χ4v) is 2.03. The summed E-state index contributed by atoms with van der Waals surface area (Å²) in [6.07, 6.45) is 4.50. The van der Waals surface area contributed by atoms with Crippen LogP contribution in [0, 0.1) is 5.41 Å². The molecule has 2 aromatic rings. The second-order valence-corrected chi connectivity index (χ2v) is 6.39. The third-order valence-electron chi connectivity index (χ3n) is 3.28. The van der Waals surface area contributed by atoms with Crippen molar-refractivity contribution in [3.05, 3.63) is 54.4 Å². The van der Waals surface area contributed by atoms with E-state index in [-0.39, 0.29) is 11.3 Å². The Bertz CT molecular complexity index is 600. The summed E-state index contributed by atoms with van der Waals surface area (Å²) in [5.41, 5.74) is 2.93. The first kappa shape index (κ1) is 15.2. The zero-order chi connectivity index (χ0) is 15.3. The second-order valence-electron chi connectivity index (χ2n) is 6.39. The summed E-state index contributed by atoms with van der Waals surface area (Å²) in [6.45, 7) is 7.20. The van der Waals surface area contributed by atoms with Crippen molar-refractivity contribution >= 4 is 5.91 Å². The van der Waals surface area contributed by atoms with Crippen LogP contribution in [0.3, 0.4) is 0 Å². The molecule has 21 heavy (non-hydrogen) atoms. The quantitative estimate of drug-likeness (QED) is 0.923. The van der Waals surface area contributed by atoms with Gasteiger partial charge in [0.15, 0.2) is 0 Å². The number of pyridine rings is 1. The van der Waals surface area contributed by atoms with Gasteiger partial charge in [0.2, 0.25) is 0 Å². The van der Waals surface area contributed by atoms with Crippen molar-refractivity contribution in [1.82, 2.24) is 10.3 Å². The lowest BCUT2D eigenvalue weighted by Gasteiger charge is -2.18. The van der Waals surface area contributed by atoms with Crippen molar-refractivity contribution in [3.8, 4) is 11.1 Å². The molecule has 0 aliphatic carbocycles. The number of nitrogens with one attached hydrogen (secondary N) is 1. The van der Waals surface area contributed by atoms with Crippen LogP contribution in [0.1, 0.15) is 37.6 Å². The predicted octanol–water partition coefficient (Wildman–Crippen LogP) is 3.91. The molecule has 1 heterocycles. The van der Waals surface area contributed by atoms with E-state index in [1.54, 1.807) is 12.4 Å². The number of benzene rings is 1. The van der Waals surface area contributed by atoms with Gasteiger partial charge in [-0.1, -0.05) is 39.0 Å². The van der Waals surface area contributed by atoms with E-state index in [2.05, 4.69) is 31.1 Å². The Balaban J connectivity index is 2.06. The van der Waals surface area contributed by atoms with Gasteiger partial charge in [0.1, 0.15) is 0 Å². The van der Waals surface area contributed by atoms with Crippen LogP contribution in [0.5, 0.6) is 0 Å². The minimum absolute atomic E-state index is 0.0232. The van der Waals surface area contributed by atoms with Gasteiger partial charge < -0.3 is 5.32 Å². The standard InChI is InChI=1S/C18H22N2O/c1-18(2,3)9-11-20-17(21)15-7-4-6-14(12-15)16-8-5-10-19-13-16/h4-8,10,12-13H,9,11H2,1-3H3,(H,20,21). The Morgan fingerprint density at radius 1 is 1.14 bits per heavy atom. The minimum atomic E-state index is -0.0232. The molecule has 1 aromatic carbocycles. The van der Waals surface area contributed by atoms with Crippen molar-refractivity contribution in [3.63, 3.8) is 0 Å². The molecule has 2 rings (SSSR count). The van der Waals surface area contributed by atoms with Gasteiger partial charge >= 0.3 is 0 Å². The number of nitrogens with zero attached hydrogens (tertiary/aromatic N) is 1. The summed E-state index contributed by atoms with van der Waals surface area (Å²) in [7, 11) is 0. The Hall–Kier alpha value is -2.16. The molecule has 0 unspecified atom stereocenters. The lowest BCUT2D eigenvalue weighted by Crippen LogP contribution is -2.27. The molecule has 0 atom stereocenters. The zero-order valence-electron chi connectivity index (χ0n) is 12.9. The molecule has 1 amide bonds. The van der Waals surface area contributed by atoms with E-state index in [1.165, 1.54) is 0 Å². The number of hydrogen-bond acceptors (Lipinski definition) is 2. The van der Waals surface area contributed by atoms with E-state index in [4.69, 9.17) is 0 Å². The topological polar surface area (TPSA) is 42.0 Å². The Kier molecular flexibility index (Phi) is 4.73. The zero-order valence-corrected chi connectivity index (χ0v) is 12.9. The third-order valence-corrected chi connectivity index (χ3v) is 3.28. The number of amides is 1. The van der Waals surface area contributed by atoms with Gasteiger partial charge in [-0.05, 0) is 35.6 Å². The molecule has 0 saturated carbocycles. The van der Waals surface area contributed by atoms with Crippen LogP contribution in [-0.4, -0.2) is 17.4 Å². The summed E-state index contributed by atoms with van der Waals surface area (Å²) in [6, 6.07) is 11.5. The Morgan fingerprint density at radius 2 is 1.90 bits per heavy atom. The van der Waals surface area contributed by atoms with Crippen LogP contribution < -0.4 is 5.32 Å². The Labute approximate surface area is 126 Å². The first-order valence-corrected chi connectivity index (χ1v) is 7.24. The molecule has 0 spiro atoms. The van der Waals surface area contributed by atoms with Crippen LogP contribution in [0.15, 0.2) is 48.8 Å². The van der Waals surface area contributed by atoms with Crippen LogP contribution in [0.25, 0.3) is 11.1 Å². The summed E-state index contributed by atoms with van der Waals surface area (Å²) in [5.74, 6) is -0.0232. The maximum absolute atomic E-state index is 12.2. The van der Waals surface area contributed by atoms with E-state index in [0.29, 0.717) is 12.1 Å². The molecule has 1 N–H and O–H groups in total. The fourth-order valence-electron chi connectivity index (χ4n) is 2.03. The van der Waals surface area contributed by atoms with Crippen molar-refractivity contribution < 1.29 is 4.79 Å². The van der Waals surface area contributed by atoms with Crippen LogP contribution in [0.4, 0.5) is 0 Å². The molecule has 3 nitrogen and oxygen atoms in total. The fraction of sp³-hybridized carbons (Fsp3) is 0.333. The maximum Gasteiger partial charge on any atom is 0.251 e. The molecule has 1 aromatic heterocycles. The average molecular weight is 282 g/mol. The molecule has 0 aliphatic heterocycles. The molecule has 3 heteroatoms. The highest BCUT2D eigenvalue weighted by molar-refractivity contribution is 5.95. The van der Waals surface area contributed by atoms with Gasteiger partial charge in [-0.2, -0.15) is 0 Å². The van der Waals surface area contributed by atoms with Crippen molar-refractivity contribution in [2.24, 2.45) is 5.41 Å². The summed E-state index contributed by atoms with van der Waals surface area (Å²) in [5, 5.41) is 2.98. The number of carbonyl (C=O) groups excluding carboxylic acids is 1. The third kappa shape index (κ3) is 4.71. The van der Waals surface area contributed by atoms with Crippen molar-refractivity contribution in [2.75, 3.05) is 6.54 Å². The van der Waals surface area contributed by atoms with Gasteiger partial charge in [-0.3, -0.25) is 9.78 Å². The molecule has 0 aliphatic rings. The van der Waals surface area contributed by atoms with Gasteiger partial charge in [-0.25, -0.2) is 0 Å². The minimum Gasteiger partial charge on any atom is -0.352 e. The van der Waals surface area contributed by atoms with Crippen molar-refractivity contribution in [2.45, 2.75) is 27.2 Å². The van der Waals surface area contributed by atoms with E-state index in [9.17, 15) is 4.79 Å². The predicted molar refractivity (Wildman–Crippen MR) is 86.1 cm³/mol. The first-order chi connectivity index (χ1) is 9.96. The normalized spacial score (nSPS) is 11.2. The summed E-state index contributed by atoms with van der Waals surface area (Å²) >= 11 is 0. The lowest BCUT2D eigenvalue weighted by molar-refractivity contribution is 0.0949. The highest BCUT2D eigenvalue weighted by atomic mass is 16.1. The number of aromatic nitrogens is 1. The number of rotatable bonds is 4. The monoisotopic (exact) mass is 282 g/mol. The van der Waals surface area contributed by atoms with Gasteiger partial charge in [-0.15, -0.1) is 0 Å². The molecular formula is C18H22N2O. The molecular weight excluding hydrogens is 260 g/mol. The van der Waals surface area contributed by atoms with Crippen LogP contribution in [-0.2, 0) is 0 Å². The first-order valence-electron chi connectivity index (χ1n) is 7.24. The highest BCUT2D eigenvalue weighted by Gasteiger charge is 2.11. The van der Waals surface area contributed by atoms with Crippen LogP contribution >= 0.6 is 0 Å². The van der Waals surface area contributed by atoms with Gasteiger partial charge in [0.25, 0.3) is 5.91 Å². The van der Waals surface area contributed by atoms with E-state index >= 15 is 0 Å². The molecule has 0 radical (unpaired) electrons. The van der Waals surface area contributed by atoms with Crippen LogP contribution in [0.2, 0.25) is 0 Å². The SMILES string of the molecule is CC(C)(C)CCNC(=O)c1cccc(-c2cccnc2)c1. The Morgan fingerprint density at radius 3 is 2.57 bits per heavy atom. The largest absolute Gasteiger partial charge is 0.352 e. The van der Waals surface area contributed by atoms with E-state index in [1.807, 2.05) is 36.4 Å². The van der Waals surface area contributed by atoms with E-state index in [0.717, 1.165) is 17.5 Å². The second kappa shape index (κ2) is 6.53. The lowest BCUT2D eigenvalue weighted by atomic mass is 9.92. The summed E-state index contributed by atoms with van der Waals surface area (Å²) in [4.78, 5) is 16.3. The van der Waals surface area contributed by atoms with Gasteiger partial charge in [0.05, 0.1) is 0 Å². The molecule has 0 bridgehead atoms. The molecule has 0 fully saturated rings. The summed E-state index contributed by atoms with van der Waals surface area (Å²) < 4.78 is 0. The van der Waals surface area contributed by atoms with E-state index < -0.39 is 0 Å².